The van der Waals surface area contributed by atoms with Gasteiger partial charge < -0.3 is 0 Å². The highest BCUT2D eigenvalue weighted by molar-refractivity contribution is 6.13. The molecule has 0 atom stereocenters. The number of fused-ring (bicyclic) bond motifs is 10. The van der Waals surface area contributed by atoms with Gasteiger partial charge in [0, 0.05) is 11.1 Å². The largest absolute Gasteiger partial charge is 0.289 e. The summed E-state index contributed by atoms with van der Waals surface area (Å²) < 4.78 is 0. The predicted molar refractivity (Wildman–Crippen MR) is 218 cm³/mol. The molecule has 2 aliphatic carbocycles. The molecule has 262 valence electrons. The summed E-state index contributed by atoms with van der Waals surface area (Å²) in [6.07, 6.45) is 0. The Morgan fingerprint density at radius 2 is 0.608 bits per heavy atom. The Hall–Kier alpha value is -4.23. The number of aryl methyl sites for hydroxylation is 2. The van der Waals surface area contributed by atoms with Crippen LogP contribution in [0.1, 0.15) is 138 Å². The van der Waals surface area contributed by atoms with E-state index in [1.54, 1.807) is 0 Å². The quantitative estimate of drug-likeness (QED) is 0.167. The van der Waals surface area contributed by atoms with Gasteiger partial charge in [-0.1, -0.05) is 0 Å². The third kappa shape index (κ3) is 4.02. The molecule has 0 amide bonds. The summed E-state index contributed by atoms with van der Waals surface area (Å²) in [7, 11) is 0. The summed E-state index contributed by atoms with van der Waals surface area (Å²) in [4.78, 5) is 14.9. The molecule has 2 aliphatic rings. The van der Waals surface area contributed by atoms with Gasteiger partial charge >= 0.3 is 0 Å². The molecule has 0 saturated heterocycles. The van der Waals surface area contributed by atoms with E-state index in [1.165, 1.54) is 134 Å². The SMILES string of the molecule is Cc1cc(C(=O)c2cc(C)c3c(c2C)-c2c(C)c(C)c(C)c(C)c2C32c3c(C)c(C)c(C)c(C)c3-c3c(C)c(C)c(C)c(C)c32)c(C)c(C)c1C. The number of hydrogen-bond acceptors (Lipinski definition) is 1. The minimum absolute atomic E-state index is 0.131. The molecule has 1 spiro atoms. The lowest BCUT2D eigenvalue weighted by Crippen LogP contribution is -2.31. The number of carbonyl (C=O) groups is 1. The molecule has 1 heteroatoms. The van der Waals surface area contributed by atoms with Crippen molar-refractivity contribution in [1.29, 1.82) is 0 Å². The first-order chi connectivity index (χ1) is 23.8. The van der Waals surface area contributed by atoms with Crippen molar-refractivity contribution in [3.05, 3.63) is 146 Å². The maximum absolute atomic E-state index is 14.9. The molecule has 0 N–H and O–H groups in total. The summed E-state index contributed by atoms with van der Waals surface area (Å²) >= 11 is 0. The van der Waals surface area contributed by atoms with Crippen LogP contribution < -0.4 is 0 Å². The number of carbonyl (C=O) groups excluding carboxylic acids is 1. The van der Waals surface area contributed by atoms with Gasteiger partial charge in [0.25, 0.3) is 0 Å². The Morgan fingerprint density at radius 1 is 0.314 bits per heavy atom. The van der Waals surface area contributed by atoms with Crippen molar-refractivity contribution in [2.24, 2.45) is 0 Å². The molecule has 5 aromatic carbocycles. The Bertz CT molecular complexity index is 2420. The van der Waals surface area contributed by atoms with Gasteiger partial charge in [-0.05, 0) is 281 Å². The maximum Gasteiger partial charge on any atom is 0.193 e. The molecule has 7 rings (SSSR count). The van der Waals surface area contributed by atoms with Crippen molar-refractivity contribution in [2.45, 2.75) is 130 Å². The Balaban J connectivity index is 1.77. The molecule has 0 aliphatic heterocycles. The van der Waals surface area contributed by atoms with E-state index in [-0.39, 0.29) is 5.78 Å². The predicted octanol–water partition coefficient (Wildman–Crippen LogP) is 12.8. The van der Waals surface area contributed by atoms with E-state index in [0.717, 1.165) is 22.3 Å². The van der Waals surface area contributed by atoms with E-state index in [4.69, 9.17) is 0 Å². The number of hydrogen-bond donors (Lipinski definition) is 0. The van der Waals surface area contributed by atoms with E-state index < -0.39 is 5.41 Å². The van der Waals surface area contributed by atoms with Crippen LogP contribution >= 0.6 is 0 Å². The van der Waals surface area contributed by atoms with Crippen LogP contribution in [-0.2, 0) is 5.41 Å². The maximum atomic E-state index is 14.9. The zero-order valence-electron chi connectivity index (χ0n) is 34.6. The lowest BCUT2D eigenvalue weighted by molar-refractivity contribution is 0.103. The Labute approximate surface area is 307 Å². The van der Waals surface area contributed by atoms with Gasteiger partial charge in [0.05, 0.1) is 5.41 Å². The fourth-order valence-corrected chi connectivity index (χ4v) is 10.6. The van der Waals surface area contributed by atoms with Crippen LogP contribution in [0.25, 0.3) is 22.3 Å². The summed E-state index contributed by atoms with van der Waals surface area (Å²) in [6.45, 7) is 41.2. The van der Waals surface area contributed by atoms with Gasteiger partial charge in [0.15, 0.2) is 5.78 Å². The number of rotatable bonds is 2. The van der Waals surface area contributed by atoms with E-state index in [1.807, 2.05) is 0 Å². The average Bonchev–Trinajstić information content (AvgIpc) is 3.59. The Morgan fingerprint density at radius 3 is 1.00 bits per heavy atom. The first-order valence-corrected chi connectivity index (χ1v) is 18.9. The number of benzene rings is 5. The Kier molecular flexibility index (Phi) is 7.68. The monoisotopic (exact) mass is 672 g/mol. The second-order valence-electron chi connectivity index (χ2n) is 16.6. The average molecular weight is 673 g/mol. The minimum Gasteiger partial charge on any atom is -0.289 e. The zero-order valence-corrected chi connectivity index (χ0v) is 34.6. The topological polar surface area (TPSA) is 17.1 Å². The van der Waals surface area contributed by atoms with Crippen LogP contribution in [0.5, 0.6) is 0 Å². The lowest BCUT2D eigenvalue weighted by atomic mass is 9.64. The molecule has 5 aromatic rings. The van der Waals surface area contributed by atoms with Gasteiger partial charge in [0.1, 0.15) is 0 Å². The van der Waals surface area contributed by atoms with Crippen LogP contribution in [-0.4, -0.2) is 5.78 Å². The third-order valence-electron chi connectivity index (χ3n) is 14.8. The van der Waals surface area contributed by atoms with Crippen molar-refractivity contribution in [3.8, 4) is 22.3 Å². The molecule has 0 heterocycles. The molecule has 0 aromatic heterocycles. The normalized spacial score (nSPS) is 13.5. The summed E-state index contributed by atoms with van der Waals surface area (Å²) in [5.41, 5.74) is 36.0. The molecule has 0 bridgehead atoms. The van der Waals surface area contributed by atoms with Gasteiger partial charge in [0.2, 0.25) is 0 Å². The van der Waals surface area contributed by atoms with Crippen LogP contribution in [0.4, 0.5) is 0 Å². The molecular formula is C50H56O. The van der Waals surface area contributed by atoms with E-state index >= 15 is 0 Å². The molecule has 0 saturated carbocycles. The van der Waals surface area contributed by atoms with Crippen molar-refractivity contribution in [2.75, 3.05) is 0 Å². The fraction of sp³-hybridized carbons (Fsp3) is 0.380. The van der Waals surface area contributed by atoms with Crippen molar-refractivity contribution in [3.63, 3.8) is 0 Å². The molecule has 1 nitrogen and oxygen atoms in total. The van der Waals surface area contributed by atoms with Gasteiger partial charge in [-0.15, -0.1) is 0 Å². The van der Waals surface area contributed by atoms with Crippen molar-refractivity contribution >= 4 is 5.78 Å². The summed E-state index contributed by atoms with van der Waals surface area (Å²) in [5.74, 6) is 0.131. The van der Waals surface area contributed by atoms with E-state index in [2.05, 4.69) is 137 Å². The molecule has 0 unspecified atom stereocenters. The highest BCUT2D eigenvalue weighted by Crippen LogP contribution is 2.69. The second-order valence-corrected chi connectivity index (χ2v) is 16.6. The van der Waals surface area contributed by atoms with Gasteiger partial charge in [-0.25, -0.2) is 0 Å². The summed E-state index contributed by atoms with van der Waals surface area (Å²) in [6, 6.07) is 4.38. The van der Waals surface area contributed by atoms with Gasteiger partial charge in [-0.3, -0.25) is 4.79 Å². The lowest BCUT2D eigenvalue weighted by Gasteiger charge is -2.37. The fourth-order valence-electron chi connectivity index (χ4n) is 10.6. The van der Waals surface area contributed by atoms with Gasteiger partial charge in [-0.2, -0.15) is 0 Å². The standard InChI is InChI=1S/C50H56O/c1-21-19-39(31(11)24(4)23(21)3)49(51)40-20-22(2)45-44(38(40)18)43-34(14)27(7)30(10)37(17)48(43)50(45)46-35(15)28(8)25(5)32(12)41(46)42-33(13)26(6)29(9)36(16)47(42)50/h19-20H,1-18H3. The third-order valence-corrected chi connectivity index (χ3v) is 14.8. The van der Waals surface area contributed by atoms with E-state index in [9.17, 15) is 4.79 Å². The van der Waals surface area contributed by atoms with Crippen LogP contribution in [0.15, 0.2) is 12.1 Å². The van der Waals surface area contributed by atoms with Crippen LogP contribution in [0, 0.1) is 125 Å². The molecule has 0 fully saturated rings. The first kappa shape index (κ1) is 35.2. The molecular weight excluding hydrogens is 617 g/mol. The highest BCUT2D eigenvalue weighted by Gasteiger charge is 2.57. The van der Waals surface area contributed by atoms with Crippen LogP contribution in [0.3, 0.4) is 0 Å². The molecule has 0 radical (unpaired) electrons. The molecule has 51 heavy (non-hydrogen) atoms. The van der Waals surface area contributed by atoms with Crippen molar-refractivity contribution in [1.82, 2.24) is 0 Å². The van der Waals surface area contributed by atoms with Crippen molar-refractivity contribution < 1.29 is 4.79 Å². The van der Waals surface area contributed by atoms with E-state index in [0.29, 0.717) is 0 Å². The number of ketones is 1. The second kappa shape index (κ2) is 11.1. The highest BCUT2D eigenvalue weighted by atomic mass is 16.1. The first-order valence-electron chi connectivity index (χ1n) is 18.9. The summed E-state index contributed by atoms with van der Waals surface area (Å²) in [5, 5.41) is 0. The van der Waals surface area contributed by atoms with Crippen LogP contribution in [0.2, 0.25) is 0 Å². The zero-order chi connectivity index (χ0) is 37.7. The smallest absolute Gasteiger partial charge is 0.193 e. The minimum atomic E-state index is -0.493.